The first-order valence-corrected chi connectivity index (χ1v) is 7.90. The summed E-state index contributed by atoms with van der Waals surface area (Å²) in [6.45, 7) is 0. The molecule has 0 heteroatoms. The molecule has 5 aliphatic rings. The Balaban J connectivity index is 0.000000101. The summed E-state index contributed by atoms with van der Waals surface area (Å²) in [5, 5.41) is 0. The molecule has 0 heterocycles. The molecule has 0 aromatic carbocycles. The molecule has 0 aromatic rings. The zero-order valence-corrected chi connectivity index (χ0v) is 10.8. The lowest BCUT2D eigenvalue weighted by molar-refractivity contribution is 0.199. The molecule has 0 aliphatic heterocycles. The Morgan fingerprint density at radius 2 is 0.812 bits per heavy atom. The van der Waals surface area contributed by atoms with Gasteiger partial charge in [0.25, 0.3) is 0 Å². The average molecular weight is 220 g/mol. The van der Waals surface area contributed by atoms with Crippen molar-refractivity contribution in [3.63, 3.8) is 0 Å². The highest BCUT2D eigenvalue weighted by Gasteiger charge is 2.30. The van der Waals surface area contributed by atoms with Gasteiger partial charge >= 0.3 is 0 Å². The molecule has 4 bridgehead atoms. The van der Waals surface area contributed by atoms with Gasteiger partial charge in [-0.3, -0.25) is 0 Å². The van der Waals surface area contributed by atoms with E-state index in [4.69, 9.17) is 0 Å². The Labute approximate surface area is 101 Å². The topological polar surface area (TPSA) is 0 Å². The summed E-state index contributed by atoms with van der Waals surface area (Å²) in [4.78, 5) is 0. The van der Waals surface area contributed by atoms with Crippen LogP contribution in [0.25, 0.3) is 0 Å². The smallest absolute Gasteiger partial charge is 0.0409 e. The van der Waals surface area contributed by atoms with Gasteiger partial charge in [-0.15, -0.1) is 0 Å². The average Bonchev–Trinajstić information content (AvgIpc) is 2.55. The van der Waals surface area contributed by atoms with Gasteiger partial charge in [0.2, 0.25) is 0 Å². The summed E-state index contributed by atoms with van der Waals surface area (Å²) >= 11 is 0. The first kappa shape index (κ1) is 11.1. The molecule has 5 saturated carbocycles. The fourth-order valence-electron chi connectivity index (χ4n) is 4.61. The minimum absolute atomic E-state index is 1.16. The van der Waals surface area contributed by atoms with Crippen molar-refractivity contribution in [2.75, 3.05) is 0 Å². The fourth-order valence-corrected chi connectivity index (χ4v) is 4.61. The Kier molecular flexibility index (Phi) is 3.54. The normalized spacial score (nSPS) is 45.0. The zero-order valence-electron chi connectivity index (χ0n) is 10.8. The van der Waals surface area contributed by atoms with Crippen molar-refractivity contribution in [2.45, 2.75) is 77.0 Å². The third kappa shape index (κ3) is 2.63. The molecular weight excluding hydrogens is 192 g/mol. The second kappa shape index (κ2) is 5.10. The molecule has 0 radical (unpaired) electrons. The van der Waals surface area contributed by atoms with Gasteiger partial charge in [0.1, 0.15) is 0 Å². The van der Waals surface area contributed by atoms with Crippen LogP contribution >= 0.6 is 0 Å². The predicted molar refractivity (Wildman–Crippen MR) is 69.4 cm³/mol. The van der Waals surface area contributed by atoms with Crippen molar-refractivity contribution in [2.24, 2.45) is 23.7 Å². The zero-order chi connectivity index (χ0) is 10.8. The lowest BCUT2D eigenvalue weighted by atomic mass is 9.74. The second-order valence-corrected chi connectivity index (χ2v) is 6.96. The molecule has 0 spiro atoms. The fraction of sp³-hybridized carbons (Fsp3) is 1.00. The first-order valence-electron chi connectivity index (χ1n) is 7.90. The number of rotatable bonds is 0. The molecule has 5 rings (SSSR count). The van der Waals surface area contributed by atoms with E-state index in [1.807, 2.05) is 0 Å². The lowest BCUT2D eigenvalue weighted by Crippen LogP contribution is -2.20. The van der Waals surface area contributed by atoms with E-state index in [2.05, 4.69) is 0 Å². The van der Waals surface area contributed by atoms with Crippen molar-refractivity contribution in [3.05, 3.63) is 0 Å². The lowest BCUT2D eigenvalue weighted by Gasteiger charge is -2.31. The SMILES string of the molecule is C1CC2CCC(C1)C2.C1CCC2CC(C1)C2. The third-order valence-corrected chi connectivity index (χ3v) is 5.68. The van der Waals surface area contributed by atoms with Gasteiger partial charge in [0.05, 0.1) is 0 Å². The standard InChI is InChI=1S/2C8H14/c1-2-7-4-5-8(3-1)6-7;1-2-4-8-5-7(3-1)6-8/h2*7-8H,1-6H2. The van der Waals surface area contributed by atoms with E-state index in [-0.39, 0.29) is 0 Å². The van der Waals surface area contributed by atoms with Crippen molar-refractivity contribution in [1.82, 2.24) is 0 Å². The second-order valence-electron chi connectivity index (χ2n) is 6.96. The summed E-state index contributed by atoms with van der Waals surface area (Å²) in [6.07, 6.45) is 18.7. The van der Waals surface area contributed by atoms with Gasteiger partial charge in [-0.1, -0.05) is 57.8 Å². The molecule has 5 aliphatic carbocycles. The quantitative estimate of drug-likeness (QED) is 0.528. The third-order valence-electron chi connectivity index (χ3n) is 5.68. The molecule has 0 amide bonds. The monoisotopic (exact) mass is 220 g/mol. The molecule has 0 saturated heterocycles. The van der Waals surface area contributed by atoms with Crippen LogP contribution in [0, 0.1) is 23.7 Å². The molecule has 0 N–H and O–H groups in total. The maximum absolute atomic E-state index is 1.58. The van der Waals surface area contributed by atoms with Crippen LogP contribution in [0.1, 0.15) is 77.0 Å². The van der Waals surface area contributed by atoms with Crippen molar-refractivity contribution in [3.8, 4) is 0 Å². The Bertz CT molecular complexity index is 185. The summed E-state index contributed by atoms with van der Waals surface area (Å²) in [5.74, 6) is 4.66. The van der Waals surface area contributed by atoms with Crippen molar-refractivity contribution in [1.29, 1.82) is 0 Å². The van der Waals surface area contributed by atoms with Crippen LogP contribution in [0.5, 0.6) is 0 Å². The Morgan fingerprint density at radius 3 is 1.31 bits per heavy atom. The summed E-state index contributed by atoms with van der Waals surface area (Å²) in [6, 6.07) is 0. The van der Waals surface area contributed by atoms with Crippen molar-refractivity contribution >= 4 is 0 Å². The van der Waals surface area contributed by atoms with E-state index in [0.29, 0.717) is 0 Å². The maximum Gasteiger partial charge on any atom is -0.0409 e. The molecule has 92 valence electrons. The summed E-state index contributed by atoms with van der Waals surface area (Å²) in [7, 11) is 0. The largest absolute Gasteiger partial charge is 0.0530 e. The number of hydrogen-bond donors (Lipinski definition) is 0. The predicted octanol–water partition coefficient (Wildman–Crippen LogP) is 5.17. The molecule has 16 heavy (non-hydrogen) atoms. The van der Waals surface area contributed by atoms with E-state index in [0.717, 1.165) is 11.8 Å². The molecule has 5 fully saturated rings. The molecular formula is C16H28. The van der Waals surface area contributed by atoms with E-state index >= 15 is 0 Å². The highest BCUT2D eigenvalue weighted by Crippen LogP contribution is 2.43. The highest BCUT2D eigenvalue weighted by molar-refractivity contribution is 4.82. The van der Waals surface area contributed by atoms with E-state index in [9.17, 15) is 0 Å². The molecule has 2 unspecified atom stereocenters. The Hall–Kier alpha value is 0. The van der Waals surface area contributed by atoms with Gasteiger partial charge in [-0.25, -0.2) is 0 Å². The van der Waals surface area contributed by atoms with Crippen LogP contribution in [-0.4, -0.2) is 0 Å². The van der Waals surface area contributed by atoms with Gasteiger partial charge in [-0.2, -0.15) is 0 Å². The van der Waals surface area contributed by atoms with Crippen LogP contribution in [0.3, 0.4) is 0 Å². The van der Waals surface area contributed by atoms with Crippen LogP contribution in [-0.2, 0) is 0 Å². The molecule has 2 atom stereocenters. The van der Waals surface area contributed by atoms with Crippen LogP contribution in [0.4, 0.5) is 0 Å². The van der Waals surface area contributed by atoms with Crippen LogP contribution in [0.2, 0.25) is 0 Å². The van der Waals surface area contributed by atoms with Gasteiger partial charge in [0.15, 0.2) is 0 Å². The minimum atomic E-state index is 1.16. The highest BCUT2D eigenvalue weighted by atomic mass is 14.4. The van der Waals surface area contributed by atoms with Crippen LogP contribution < -0.4 is 0 Å². The van der Waals surface area contributed by atoms with Gasteiger partial charge < -0.3 is 0 Å². The van der Waals surface area contributed by atoms with E-state index in [1.165, 1.54) is 31.1 Å². The molecule has 0 aromatic heterocycles. The first-order chi connectivity index (χ1) is 7.90. The van der Waals surface area contributed by atoms with E-state index in [1.54, 1.807) is 57.8 Å². The van der Waals surface area contributed by atoms with Gasteiger partial charge in [-0.05, 0) is 42.9 Å². The summed E-state index contributed by atoms with van der Waals surface area (Å²) < 4.78 is 0. The maximum atomic E-state index is 1.58. The van der Waals surface area contributed by atoms with Crippen molar-refractivity contribution < 1.29 is 0 Å². The van der Waals surface area contributed by atoms with Gasteiger partial charge in [0, 0.05) is 0 Å². The minimum Gasteiger partial charge on any atom is -0.0530 e. The Morgan fingerprint density at radius 1 is 0.375 bits per heavy atom. The summed E-state index contributed by atoms with van der Waals surface area (Å²) in [5.41, 5.74) is 0. The molecule has 0 nitrogen and oxygen atoms in total. The van der Waals surface area contributed by atoms with Crippen LogP contribution in [0.15, 0.2) is 0 Å². The van der Waals surface area contributed by atoms with E-state index < -0.39 is 0 Å². The number of fused-ring (bicyclic) bond motifs is 5. The number of hydrogen-bond acceptors (Lipinski definition) is 0.